The van der Waals surface area contributed by atoms with Crippen molar-refractivity contribution in [2.24, 2.45) is 0 Å². The summed E-state index contributed by atoms with van der Waals surface area (Å²) in [6, 6.07) is 7.85. The van der Waals surface area contributed by atoms with Crippen LogP contribution in [0.5, 0.6) is 0 Å². The Morgan fingerprint density at radius 1 is 1.11 bits per heavy atom. The van der Waals surface area contributed by atoms with E-state index in [-0.39, 0.29) is 12.3 Å². The van der Waals surface area contributed by atoms with Crippen molar-refractivity contribution in [3.63, 3.8) is 0 Å². The zero-order chi connectivity index (χ0) is 19.1. The van der Waals surface area contributed by atoms with E-state index in [1.807, 2.05) is 35.2 Å². The van der Waals surface area contributed by atoms with Crippen LogP contribution < -0.4 is 10.2 Å². The number of nitrogens with zero attached hydrogens (tertiary/aromatic N) is 2. The lowest BCUT2D eigenvalue weighted by atomic mass is 10.1. The highest BCUT2D eigenvalue weighted by Gasteiger charge is 2.28. The molecule has 0 aromatic heterocycles. The molecule has 2 heterocycles. The molecule has 0 radical (unpaired) electrons. The molecule has 7 heteroatoms. The van der Waals surface area contributed by atoms with Gasteiger partial charge in [-0.3, -0.25) is 9.59 Å². The fourth-order valence-electron chi connectivity index (χ4n) is 3.37. The van der Waals surface area contributed by atoms with Gasteiger partial charge in [0.15, 0.2) is 0 Å². The number of unbranched alkanes of at least 4 members (excludes halogenated alkanes) is 1. The van der Waals surface area contributed by atoms with E-state index >= 15 is 0 Å². The molecule has 1 aromatic rings. The number of aliphatic carboxylic acids is 1. The van der Waals surface area contributed by atoms with Gasteiger partial charge in [0, 0.05) is 44.0 Å². The Balaban J connectivity index is 1.54. The summed E-state index contributed by atoms with van der Waals surface area (Å²) in [6.45, 7) is 4.27. The van der Waals surface area contributed by atoms with E-state index in [1.165, 1.54) is 0 Å². The number of ether oxygens (including phenoxy) is 1. The van der Waals surface area contributed by atoms with E-state index < -0.39 is 5.97 Å². The first-order chi connectivity index (χ1) is 13.1. The molecule has 0 aliphatic carbocycles. The van der Waals surface area contributed by atoms with Crippen LogP contribution in [0.25, 0.3) is 0 Å². The number of carbonyl (C=O) groups excluding carboxylic acids is 1. The van der Waals surface area contributed by atoms with Crippen LogP contribution in [0.1, 0.15) is 25.7 Å². The topological polar surface area (TPSA) is 82.1 Å². The van der Waals surface area contributed by atoms with Crippen LogP contribution in [-0.4, -0.2) is 61.3 Å². The molecular weight excluding hydrogens is 346 g/mol. The first-order valence-corrected chi connectivity index (χ1v) is 9.55. The summed E-state index contributed by atoms with van der Waals surface area (Å²) in [4.78, 5) is 27.4. The maximum atomic E-state index is 12.9. The number of hydrogen-bond acceptors (Lipinski definition) is 5. The number of benzene rings is 1. The Morgan fingerprint density at radius 2 is 1.85 bits per heavy atom. The normalized spacial score (nSPS) is 17.6. The van der Waals surface area contributed by atoms with E-state index in [4.69, 9.17) is 9.84 Å². The minimum Gasteiger partial charge on any atom is -0.481 e. The van der Waals surface area contributed by atoms with E-state index in [1.54, 1.807) is 0 Å². The lowest BCUT2D eigenvalue weighted by Crippen LogP contribution is -2.45. The summed E-state index contributed by atoms with van der Waals surface area (Å²) in [6.07, 6.45) is 4.57. The Kier molecular flexibility index (Phi) is 6.70. The van der Waals surface area contributed by atoms with Gasteiger partial charge in [-0.1, -0.05) is 6.08 Å². The van der Waals surface area contributed by atoms with Gasteiger partial charge in [0.1, 0.15) is 0 Å². The molecule has 1 amide bonds. The molecule has 27 heavy (non-hydrogen) atoms. The Morgan fingerprint density at radius 3 is 2.56 bits per heavy atom. The number of nitrogens with one attached hydrogen (secondary N) is 1. The molecule has 0 atom stereocenters. The highest BCUT2D eigenvalue weighted by molar-refractivity contribution is 6.06. The minimum atomic E-state index is -0.754. The molecule has 0 spiro atoms. The van der Waals surface area contributed by atoms with Gasteiger partial charge in [-0.05, 0) is 43.5 Å². The van der Waals surface area contributed by atoms with E-state index in [0.717, 1.165) is 49.5 Å². The highest BCUT2D eigenvalue weighted by atomic mass is 16.5. The number of rotatable bonds is 8. The van der Waals surface area contributed by atoms with Gasteiger partial charge in [0.2, 0.25) is 0 Å². The van der Waals surface area contributed by atoms with Gasteiger partial charge in [-0.15, -0.1) is 0 Å². The molecule has 2 N–H and O–H groups in total. The minimum absolute atomic E-state index is 0.0533. The van der Waals surface area contributed by atoms with Crippen molar-refractivity contribution in [3.05, 3.63) is 36.0 Å². The second-order valence-corrected chi connectivity index (χ2v) is 6.76. The van der Waals surface area contributed by atoms with Crippen molar-refractivity contribution in [1.29, 1.82) is 0 Å². The fourth-order valence-corrected chi connectivity index (χ4v) is 3.37. The Labute approximate surface area is 159 Å². The van der Waals surface area contributed by atoms with Crippen LogP contribution in [0.15, 0.2) is 36.0 Å². The van der Waals surface area contributed by atoms with E-state index in [0.29, 0.717) is 26.2 Å². The average molecular weight is 373 g/mol. The van der Waals surface area contributed by atoms with Gasteiger partial charge < -0.3 is 25.0 Å². The van der Waals surface area contributed by atoms with Crippen LogP contribution in [-0.2, 0) is 14.3 Å². The molecule has 146 valence electrons. The van der Waals surface area contributed by atoms with E-state index in [2.05, 4.69) is 10.2 Å². The summed E-state index contributed by atoms with van der Waals surface area (Å²) in [7, 11) is 0. The number of carbonyl (C=O) groups is 2. The Bertz CT molecular complexity index is 681. The highest BCUT2D eigenvalue weighted by Crippen LogP contribution is 2.25. The van der Waals surface area contributed by atoms with Crippen molar-refractivity contribution >= 4 is 23.3 Å². The van der Waals surface area contributed by atoms with Crippen molar-refractivity contribution in [1.82, 2.24) is 4.90 Å². The summed E-state index contributed by atoms with van der Waals surface area (Å²) < 4.78 is 5.38. The Hall–Kier alpha value is -2.54. The van der Waals surface area contributed by atoms with Crippen molar-refractivity contribution in [3.8, 4) is 0 Å². The first-order valence-electron chi connectivity index (χ1n) is 9.55. The third-order valence-electron chi connectivity index (χ3n) is 4.83. The fraction of sp³-hybridized carbons (Fsp3) is 0.500. The maximum absolute atomic E-state index is 12.9. The number of amides is 1. The molecule has 2 aliphatic rings. The van der Waals surface area contributed by atoms with Gasteiger partial charge in [0.05, 0.1) is 18.9 Å². The molecule has 2 aliphatic heterocycles. The molecule has 0 saturated carbocycles. The SMILES string of the molecule is O=C(O)CCCCNc1ccc(N2CCC=C(N3CCOCC3)C2=O)cc1. The molecule has 1 fully saturated rings. The van der Waals surface area contributed by atoms with Crippen LogP contribution >= 0.6 is 0 Å². The van der Waals surface area contributed by atoms with Crippen molar-refractivity contribution in [2.75, 3.05) is 49.6 Å². The zero-order valence-electron chi connectivity index (χ0n) is 15.5. The van der Waals surface area contributed by atoms with Gasteiger partial charge in [-0.25, -0.2) is 0 Å². The molecule has 3 rings (SSSR count). The zero-order valence-corrected chi connectivity index (χ0v) is 15.5. The molecule has 7 nitrogen and oxygen atoms in total. The third kappa shape index (κ3) is 5.23. The van der Waals surface area contributed by atoms with Crippen molar-refractivity contribution < 1.29 is 19.4 Å². The number of hydrogen-bond donors (Lipinski definition) is 2. The lowest BCUT2D eigenvalue weighted by molar-refractivity contribution is -0.137. The molecule has 0 unspecified atom stereocenters. The van der Waals surface area contributed by atoms with Crippen LogP contribution in [0, 0.1) is 0 Å². The second-order valence-electron chi connectivity index (χ2n) is 6.76. The maximum Gasteiger partial charge on any atom is 0.303 e. The molecule has 1 aromatic carbocycles. The lowest BCUT2D eigenvalue weighted by Gasteiger charge is -2.35. The van der Waals surface area contributed by atoms with Crippen LogP contribution in [0.2, 0.25) is 0 Å². The quantitative estimate of drug-likeness (QED) is 0.681. The van der Waals surface area contributed by atoms with Gasteiger partial charge >= 0.3 is 5.97 Å². The number of carboxylic acids is 1. The van der Waals surface area contributed by atoms with Crippen LogP contribution in [0.3, 0.4) is 0 Å². The first kappa shape index (κ1) is 19.2. The average Bonchev–Trinajstić information content (AvgIpc) is 2.69. The predicted molar refractivity (Wildman–Crippen MR) is 104 cm³/mol. The smallest absolute Gasteiger partial charge is 0.303 e. The molecular formula is C20H27N3O4. The predicted octanol–water partition coefficient (Wildman–Crippen LogP) is 2.31. The number of carboxylic acid groups (broad SMARTS) is 1. The second kappa shape index (κ2) is 9.41. The van der Waals surface area contributed by atoms with Gasteiger partial charge in [0.25, 0.3) is 5.91 Å². The van der Waals surface area contributed by atoms with Crippen LogP contribution in [0.4, 0.5) is 11.4 Å². The molecule has 1 saturated heterocycles. The van der Waals surface area contributed by atoms with Gasteiger partial charge in [-0.2, -0.15) is 0 Å². The number of morpholine rings is 1. The number of anilines is 2. The third-order valence-corrected chi connectivity index (χ3v) is 4.83. The summed E-state index contributed by atoms with van der Waals surface area (Å²) >= 11 is 0. The van der Waals surface area contributed by atoms with Crippen molar-refractivity contribution in [2.45, 2.75) is 25.7 Å². The monoisotopic (exact) mass is 373 g/mol. The summed E-state index contributed by atoms with van der Waals surface area (Å²) in [5.41, 5.74) is 2.66. The van der Waals surface area contributed by atoms with E-state index in [9.17, 15) is 9.59 Å². The molecule has 0 bridgehead atoms. The summed E-state index contributed by atoms with van der Waals surface area (Å²) in [5, 5.41) is 11.9. The standard InChI is InChI=1S/C20H27N3O4/c24-19(25)5-1-2-10-21-16-6-8-17(9-7-16)23-11-3-4-18(20(23)26)22-12-14-27-15-13-22/h4,6-9,21H,1-3,5,10-15H2,(H,24,25). The summed E-state index contributed by atoms with van der Waals surface area (Å²) in [5.74, 6) is -0.700. The largest absolute Gasteiger partial charge is 0.481 e.